The first kappa shape index (κ1) is 25.0. The molecule has 2 aromatic carbocycles. The second kappa shape index (κ2) is 10.8. The summed E-state index contributed by atoms with van der Waals surface area (Å²) in [5, 5.41) is 15.9. The molecule has 0 radical (unpaired) electrons. The van der Waals surface area contributed by atoms with E-state index in [2.05, 4.69) is 4.99 Å². The zero-order valence-electron chi connectivity index (χ0n) is 20.4. The third kappa shape index (κ3) is 5.24. The average molecular weight is 521 g/mol. The Morgan fingerprint density at radius 2 is 1.86 bits per heavy atom. The molecule has 3 heterocycles. The standard InChI is InChI=1S/C27H28N4O5S/c1-36-19-12-10-17(11-13-19)20-15-22(18-7-3-2-4-8-18)31(29-20)27-28-25(33)23(37-27)16-24(32)30-14-6-5-9-21(30)26(34)35/h2-4,7-8,10-13,21-23H,5-6,9,14-16H2,1H3,(H,34,35)/t21-,22-,23+/m1/s1. The lowest BCUT2D eigenvalue weighted by atomic mass is 9.98. The van der Waals surface area contributed by atoms with Crippen molar-refractivity contribution >= 4 is 40.4 Å². The Morgan fingerprint density at radius 3 is 2.57 bits per heavy atom. The van der Waals surface area contributed by atoms with Crippen molar-refractivity contribution in [2.75, 3.05) is 13.7 Å². The summed E-state index contributed by atoms with van der Waals surface area (Å²) in [6.07, 6.45) is 2.51. The second-order valence-corrected chi connectivity index (χ2v) is 10.4. The van der Waals surface area contributed by atoms with Crippen molar-refractivity contribution in [3.05, 3.63) is 65.7 Å². The number of aliphatic carboxylic acids is 1. The number of aliphatic imine (C=N–C) groups is 1. The molecule has 3 aliphatic rings. The molecule has 1 N–H and O–H groups in total. The number of carboxylic acid groups (broad SMARTS) is 1. The number of ether oxygens (including phenoxy) is 1. The number of likely N-dealkylation sites (tertiary alicyclic amines) is 1. The van der Waals surface area contributed by atoms with E-state index in [0.29, 0.717) is 24.6 Å². The maximum absolute atomic E-state index is 13.0. The van der Waals surface area contributed by atoms with Crippen molar-refractivity contribution in [1.82, 2.24) is 9.91 Å². The van der Waals surface area contributed by atoms with E-state index < -0.39 is 23.2 Å². The number of carboxylic acids is 1. The number of hydrogen-bond donors (Lipinski definition) is 1. The van der Waals surface area contributed by atoms with Gasteiger partial charge in [0.15, 0.2) is 5.17 Å². The number of amidine groups is 1. The highest BCUT2D eigenvalue weighted by atomic mass is 32.2. The Kier molecular flexibility index (Phi) is 7.27. The van der Waals surface area contributed by atoms with E-state index in [4.69, 9.17) is 9.84 Å². The fraction of sp³-hybridized carbons (Fsp3) is 0.370. The van der Waals surface area contributed by atoms with Crippen LogP contribution in [0.2, 0.25) is 0 Å². The van der Waals surface area contributed by atoms with Crippen molar-refractivity contribution in [2.45, 2.75) is 49.4 Å². The molecule has 1 saturated heterocycles. The number of piperidine rings is 1. The number of benzene rings is 2. The third-order valence-corrected chi connectivity index (χ3v) is 8.05. The lowest BCUT2D eigenvalue weighted by Crippen LogP contribution is -2.48. The van der Waals surface area contributed by atoms with Crippen LogP contribution in [-0.4, -0.2) is 68.6 Å². The highest BCUT2D eigenvalue weighted by Crippen LogP contribution is 2.39. The molecule has 192 valence electrons. The molecule has 3 aliphatic heterocycles. The van der Waals surface area contributed by atoms with Gasteiger partial charge in [0, 0.05) is 19.4 Å². The number of methoxy groups -OCH3 is 1. The van der Waals surface area contributed by atoms with Gasteiger partial charge in [-0.25, -0.2) is 9.80 Å². The summed E-state index contributed by atoms with van der Waals surface area (Å²) in [6, 6.07) is 16.6. The fourth-order valence-corrected chi connectivity index (χ4v) is 6.00. The molecule has 2 amide bonds. The van der Waals surface area contributed by atoms with E-state index >= 15 is 0 Å². The maximum atomic E-state index is 13.0. The first-order valence-electron chi connectivity index (χ1n) is 12.3. The molecular formula is C27H28N4O5S. The number of carbonyl (C=O) groups is 3. The van der Waals surface area contributed by atoms with Gasteiger partial charge in [0.25, 0.3) is 5.91 Å². The molecule has 0 bridgehead atoms. The first-order chi connectivity index (χ1) is 17.9. The number of hydrogen-bond acceptors (Lipinski definition) is 7. The minimum atomic E-state index is -1.00. The van der Waals surface area contributed by atoms with Gasteiger partial charge in [0.05, 0.1) is 18.9 Å². The van der Waals surface area contributed by atoms with Crippen molar-refractivity contribution < 1.29 is 24.2 Å². The fourth-order valence-electron chi connectivity index (χ4n) is 4.95. The Balaban J connectivity index is 1.35. The monoisotopic (exact) mass is 520 g/mol. The number of nitrogens with zero attached hydrogens (tertiary/aromatic N) is 4. The van der Waals surface area contributed by atoms with Crippen LogP contribution in [-0.2, 0) is 14.4 Å². The number of carbonyl (C=O) groups excluding carboxylic acids is 2. The van der Waals surface area contributed by atoms with Gasteiger partial charge in [0.2, 0.25) is 5.91 Å². The molecule has 0 spiro atoms. The summed E-state index contributed by atoms with van der Waals surface area (Å²) < 4.78 is 5.27. The van der Waals surface area contributed by atoms with Crippen LogP contribution in [0.15, 0.2) is 64.7 Å². The Hall–Kier alpha value is -3.66. The molecule has 10 heteroatoms. The molecule has 0 saturated carbocycles. The van der Waals surface area contributed by atoms with E-state index in [-0.39, 0.29) is 18.4 Å². The minimum Gasteiger partial charge on any atom is -0.497 e. The minimum absolute atomic E-state index is 0.0842. The molecule has 0 aromatic heterocycles. The highest BCUT2D eigenvalue weighted by Gasteiger charge is 2.41. The number of hydrazone groups is 1. The molecule has 3 atom stereocenters. The number of amides is 2. The molecule has 1 fully saturated rings. The van der Waals surface area contributed by atoms with Gasteiger partial charge in [-0.1, -0.05) is 42.1 Å². The van der Waals surface area contributed by atoms with Crippen LogP contribution < -0.4 is 4.74 Å². The molecule has 2 aromatic rings. The summed E-state index contributed by atoms with van der Waals surface area (Å²) in [5.74, 6) is -0.958. The van der Waals surface area contributed by atoms with E-state index in [9.17, 15) is 19.5 Å². The number of thioether (sulfide) groups is 1. The van der Waals surface area contributed by atoms with Crippen LogP contribution in [0, 0.1) is 0 Å². The van der Waals surface area contributed by atoms with Gasteiger partial charge in [-0.05, 0) is 54.7 Å². The molecule has 0 unspecified atom stereocenters. The topological polar surface area (TPSA) is 112 Å². The molecule has 9 nitrogen and oxygen atoms in total. The predicted molar refractivity (Wildman–Crippen MR) is 141 cm³/mol. The largest absolute Gasteiger partial charge is 0.497 e. The van der Waals surface area contributed by atoms with Crippen molar-refractivity contribution in [3.63, 3.8) is 0 Å². The Morgan fingerprint density at radius 1 is 1.11 bits per heavy atom. The second-order valence-electron chi connectivity index (χ2n) is 9.23. The van der Waals surface area contributed by atoms with Crippen LogP contribution in [0.3, 0.4) is 0 Å². The number of rotatable bonds is 6. The van der Waals surface area contributed by atoms with Crippen LogP contribution in [0.1, 0.15) is 49.3 Å². The molecule has 0 aliphatic carbocycles. The van der Waals surface area contributed by atoms with Crippen molar-refractivity contribution in [2.24, 2.45) is 10.1 Å². The van der Waals surface area contributed by atoms with Crippen LogP contribution >= 0.6 is 11.8 Å². The van der Waals surface area contributed by atoms with Gasteiger partial charge in [-0.3, -0.25) is 9.59 Å². The third-order valence-electron chi connectivity index (χ3n) is 6.91. The lowest BCUT2D eigenvalue weighted by molar-refractivity contribution is -0.152. The predicted octanol–water partition coefficient (Wildman–Crippen LogP) is 3.70. The normalized spacial score (nSPS) is 23.6. The molecular weight excluding hydrogens is 492 g/mol. The van der Waals surface area contributed by atoms with Gasteiger partial charge in [0.1, 0.15) is 17.0 Å². The molecule has 5 rings (SSSR count). The quantitative estimate of drug-likeness (QED) is 0.618. The smallest absolute Gasteiger partial charge is 0.326 e. The van der Waals surface area contributed by atoms with Gasteiger partial charge < -0.3 is 14.7 Å². The SMILES string of the molecule is COc1ccc(C2=NN(C3=NC(=O)[C@H](CC(=O)N4CCCC[C@@H]4C(=O)O)S3)[C@@H](c3ccccc3)C2)cc1. The highest BCUT2D eigenvalue weighted by molar-refractivity contribution is 8.15. The zero-order valence-corrected chi connectivity index (χ0v) is 21.3. The Labute approximate surface area is 219 Å². The van der Waals surface area contributed by atoms with Gasteiger partial charge in [-0.2, -0.15) is 10.1 Å². The summed E-state index contributed by atoms with van der Waals surface area (Å²) >= 11 is 1.22. The van der Waals surface area contributed by atoms with Crippen molar-refractivity contribution in [1.29, 1.82) is 0 Å². The summed E-state index contributed by atoms with van der Waals surface area (Å²) in [7, 11) is 1.62. The van der Waals surface area contributed by atoms with Gasteiger partial charge in [-0.15, -0.1) is 0 Å². The molecule has 37 heavy (non-hydrogen) atoms. The summed E-state index contributed by atoms with van der Waals surface area (Å²) in [5.41, 5.74) is 2.86. The summed E-state index contributed by atoms with van der Waals surface area (Å²) in [4.78, 5) is 43.2. The van der Waals surface area contributed by atoms with Gasteiger partial charge >= 0.3 is 5.97 Å². The van der Waals surface area contributed by atoms with Crippen LogP contribution in [0.25, 0.3) is 0 Å². The lowest BCUT2D eigenvalue weighted by Gasteiger charge is -2.33. The van der Waals surface area contributed by atoms with Crippen LogP contribution in [0.4, 0.5) is 0 Å². The summed E-state index contributed by atoms with van der Waals surface area (Å²) in [6.45, 7) is 0.396. The zero-order chi connectivity index (χ0) is 25.9. The first-order valence-corrected chi connectivity index (χ1v) is 13.2. The maximum Gasteiger partial charge on any atom is 0.326 e. The Bertz CT molecular complexity index is 1250. The van der Waals surface area contributed by atoms with Crippen LogP contribution in [0.5, 0.6) is 5.75 Å². The van der Waals surface area contributed by atoms with Crippen molar-refractivity contribution in [3.8, 4) is 5.75 Å². The van der Waals surface area contributed by atoms with E-state index in [1.54, 1.807) is 12.1 Å². The van der Waals surface area contributed by atoms with E-state index in [0.717, 1.165) is 35.4 Å². The van der Waals surface area contributed by atoms with E-state index in [1.165, 1.54) is 16.7 Å². The average Bonchev–Trinajstić information content (AvgIpc) is 3.53. The van der Waals surface area contributed by atoms with E-state index in [1.807, 2.05) is 54.6 Å².